The number of carbonyl (C=O) groups is 2. The van der Waals surface area contributed by atoms with Gasteiger partial charge in [0.25, 0.3) is 0 Å². The maximum absolute atomic E-state index is 12.9. The zero-order valence-corrected chi connectivity index (χ0v) is 15.3. The first-order chi connectivity index (χ1) is 10.8. The zero-order chi connectivity index (χ0) is 17.5. The fraction of sp³-hybridized carbons (Fsp3) is 0.556. The summed E-state index contributed by atoms with van der Waals surface area (Å²) < 4.78 is 0. The van der Waals surface area contributed by atoms with Crippen LogP contribution in [-0.4, -0.2) is 46.1 Å². The molecule has 0 aliphatic carbocycles. The number of carboxylic acid groups (broad SMARTS) is 1. The first-order valence-corrected chi connectivity index (χ1v) is 9.06. The lowest BCUT2D eigenvalue weighted by molar-refractivity contribution is -0.133. The fourth-order valence-corrected chi connectivity index (χ4v) is 3.17. The van der Waals surface area contributed by atoms with E-state index in [-0.39, 0.29) is 11.5 Å². The van der Waals surface area contributed by atoms with Crippen molar-refractivity contribution in [2.75, 3.05) is 18.8 Å². The topological polar surface area (TPSA) is 57.6 Å². The number of carboxylic acids is 1. The molecule has 1 N–H and O–H groups in total. The molecule has 0 saturated carbocycles. The molecule has 0 aliphatic heterocycles. The van der Waals surface area contributed by atoms with Crippen molar-refractivity contribution in [3.05, 3.63) is 29.8 Å². The lowest BCUT2D eigenvalue weighted by atomic mass is 9.91. The molecule has 1 aromatic rings. The van der Waals surface area contributed by atoms with Crippen LogP contribution in [0.15, 0.2) is 29.2 Å². The van der Waals surface area contributed by atoms with Crippen molar-refractivity contribution < 1.29 is 14.7 Å². The number of carbonyl (C=O) groups excluding carboxylic acids is 1. The quantitative estimate of drug-likeness (QED) is 0.517. The first kappa shape index (κ1) is 19.7. The van der Waals surface area contributed by atoms with Gasteiger partial charge in [-0.05, 0) is 51.9 Å². The number of nitrogens with zero attached hydrogens (tertiary/aromatic N) is 1. The third kappa shape index (κ3) is 5.66. The van der Waals surface area contributed by atoms with Crippen LogP contribution < -0.4 is 0 Å². The first-order valence-electron chi connectivity index (χ1n) is 8.07. The monoisotopic (exact) mass is 337 g/mol. The molecule has 0 radical (unpaired) electrons. The van der Waals surface area contributed by atoms with Gasteiger partial charge in [-0.1, -0.05) is 26.0 Å². The van der Waals surface area contributed by atoms with Crippen molar-refractivity contribution in [3.63, 3.8) is 0 Å². The van der Waals surface area contributed by atoms with Gasteiger partial charge in [0.15, 0.2) is 5.78 Å². The number of ketones is 1. The molecule has 0 amide bonds. The van der Waals surface area contributed by atoms with Gasteiger partial charge < -0.3 is 5.11 Å². The molecular weight excluding hydrogens is 310 g/mol. The summed E-state index contributed by atoms with van der Waals surface area (Å²) in [6.45, 7) is 10.0. The lowest BCUT2D eigenvalue weighted by Crippen LogP contribution is -2.50. The van der Waals surface area contributed by atoms with E-state index in [1.165, 1.54) is 11.8 Å². The number of rotatable bonds is 10. The summed E-state index contributed by atoms with van der Waals surface area (Å²) in [6.07, 6.45) is 2.03. The molecule has 23 heavy (non-hydrogen) atoms. The van der Waals surface area contributed by atoms with Crippen molar-refractivity contribution in [2.45, 2.75) is 51.0 Å². The minimum atomic E-state index is -0.842. The minimum absolute atomic E-state index is 0.0273. The molecule has 1 rings (SSSR count). The number of thioether (sulfide) groups is 1. The number of hydrogen-bond donors (Lipinski definition) is 1. The Bertz CT molecular complexity index is 520. The van der Waals surface area contributed by atoms with E-state index in [9.17, 15) is 9.59 Å². The minimum Gasteiger partial charge on any atom is -0.481 e. The van der Waals surface area contributed by atoms with Crippen LogP contribution in [0.3, 0.4) is 0 Å². The Labute approximate surface area is 143 Å². The maximum Gasteiger partial charge on any atom is 0.313 e. The highest BCUT2D eigenvalue weighted by molar-refractivity contribution is 8.00. The SMILES string of the molecule is CCCN(CCC)C(C)(C)C(=O)c1ccc(SCC(=O)O)cc1. The fourth-order valence-electron chi connectivity index (χ4n) is 2.56. The van der Waals surface area contributed by atoms with E-state index in [0.29, 0.717) is 5.56 Å². The van der Waals surface area contributed by atoms with E-state index in [4.69, 9.17) is 5.11 Å². The Balaban J connectivity index is 2.87. The summed E-state index contributed by atoms with van der Waals surface area (Å²) >= 11 is 1.26. The summed E-state index contributed by atoms with van der Waals surface area (Å²) in [5.41, 5.74) is 0.133. The standard InChI is InChI=1S/C18H27NO3S/c1-5-11-19(12-6-2)18(3,4)17(22)14-7-9-15(10-8-14)23-13-16(20)21/h7-10H,5-6,11-13H2,1-4H3,(H,20,21). The van der Waals surface area contributed by atoms with Crippen LogP contribution >= 0.6 is 11.8 Å². The van der Waals surface area contributed by atoms with Gasteiger partial charge in [-0.15, -0.1) is 11.8 Å². The van der Waals surface area contributed by atoms with Crippen LogP contribution in [0.2, 0.25) is 0 Å². The van der Waals surface area contributed by atoms with Crippen LogP contribution in [-0.2, 0) is 4.79 Å². The van der Waals surface area contributed by atoms with Crippen molar-refractivity contribution in [3.8, 4) is 0 Å². The molecule has 4 nitrogen and oxygen atoms in total. The molecule has 5 heteroatoms. The van der Waals surface area contributed by atoms with Crippen LogP contribution in [0, 0.1) is 0 Å². The molecule has 0 aliphatic rings. The van der Waals surface area contributed by atoms with E-state index >= 15 is 0 Å². The predicted molar refractivity (Wildman–Crippen MR) is 95.4 cm³/mol. The lowest BCUT2D eigenvalue weighted by Gasteiger charge is -2.37. The van der Waals surface area contributed by atoms with Gasteiger partial charge in [0.2, 0.25) is 0 Å². The Hall–Kier alpha value is -1.33. The number of aliphatic carboxylic acids is 1. The summed E-state index contributed by atoms with van der Waals surface area (Å²) in [6, 6.07) is 7.23. The largest absolute Gasteiger partial charge is 0.481 e. The van der Waals surface area contributed by atoms with Gasteiger partial charge in [0.05, 0.1) is 11.3 Å². The maximum atomic E-state index is 12.9. The molecule has 0 atom stereocenters. The highest BCUT2D eigenvalue weighted by Crippen LogP contribution is 2.24. The highest BCUT2D eigenvalue weighted by Gasteiger charge is 2.34. The molecule has 0 spiro atoms. The predicted octanol–water partition coefficient (Wildman–Crippen LogP) is 3.95. The molecule has 0 bridgehead atoms. The molecule has 0 aromatic heterocycles. The number of hydrogen-bond acceptors (Lipinski definition) is 4. The van der Waals surface area contributed by atoms with Gasteiger partial charge in [0.1, 0.15) is 0 Å². The molecule has 0 heterocycles. The molecule has 0 unspecified atom stereocenters. The van der Waals surface area contributed by atoms with Crippen molar-refractivity contribution >= 4 is 23.5 Å². The Morgan fingerprint density at radius 1 is 1.09 bits per heavy atom. The smallest absolute Gasteiger partial charge is 0.313 e. The molecule has 0 fully saturated rings. The second kappa shape index (κ2) is 9.08. The van der Waals surface area contributed by atoms with Crippen molar-refractivity contribution in [1.29, 1.82) is 0 Å². The van der Waals surface area contributed by atoms with E-state index < -0.39 is 11.5 Å². The van der Waals surface area contributed by atoms with E-state index in [1.54, 1.807) is 12.1 Å². The second-order valence-electron chi connectivity index (χ2n) is 6.08. The number of benzene rings is 1. The Morgan fingerprint density at radius 2 is 1.61 bits per heavy atom. The number of Topliss-reactive ketones (excluding diaryl/α,β-unsaturated/α-hetero) is 1. The third-order valence-electron chi connectivity index (χ3n) is 3.81. The average Bonchev–Trinajstić information content (AvgIpc) is 2.52. The average molecular weight is 337 g/mol. The Morgan fingerprint density at radius 3 is 2.04 bits per heavy atom. The van der Waals surface area contributed by atoms with Gasteiger partial charge in [-0.25, -0.2) is 0 Å². The van der Waals surface area contributed by atoms with E-state index in [0.717, 1.165) is 30.8 Å². The third-order valence-corrected chi connectivity index (χ3v) is 4.81. The molecule has 1 aromatic carbocycles. The Kier molecular flexibility index (Phi) is 7.79. The summed E-state index contributed by atoms with van der Waals surface area (Å²) in [5.74, 6) is -0.709. The van der Waals surface area contributed by atoms with E-state index in [2.05, 4.69) is 18.7 Å². The molecular formula is C18H27NO3S. The summed E-state index contributed by atoms with van der Waals surface area (Å²) in [4.78, 5) is 26.6. The zero-order valence-electron chi connectivity index (χ0n) is 14.5. The van der Waals surface area contributed by atoms with Gasteiger partial charge in [-0.3, -0.25) is 14.5 Å². The van der Waals surface area contributed by atoms with Gasteiger partial charge >= 0.3 is 5.97 Å². The van der Waals surface area contributed by atoms with Crippen molar-refractivity contribution in [2.24, 2.45) is 0 Å². The normalized spacial score (nSPS) is 11.7. The van der Waals surface area contributed by atoms with Crippen LogP contribution in [0.5, 0.6) is 0 Å². The molecule has 0 saturated heterocycles. The van der Waals surface area contributed by atoms with Crippen molar-refractivity contribution in [1.82, 2.24) is 4.90 Å². The molecule has 128 valence electrons. The van der Waals surface area contributed by atoms with E-state index in [1.807, 2.05) is 26.0 Å². The highest BCUT2D eigenvalue weighted by atomic mass is 32.2. The van der Waals surface area contributed by atoms with Gasteiger partial charge in [0, 0.05) is 10.5 Å². The summed E-state index contributed by atoms with van der Waals surface area (Å²) in [7, 11) is 0. The van der Waals surface area contributed by atoms with Crippen LogP contribution in [0.4, 0.5) is 0 Å². The van der Waals surface area contributed by atoms with Crippen LogP contribution in [0.1, 0.15) is 50.9 Å². The second-order valence-corrected chi connectivity index (χ2v) is 7.13. The van der Waals surface area contributed by atoms with Gasteiger partial charge in [-0.2, -0.15) is 0 Å². The summed E-state index contributed by atoms with van der Waals surface area (Å²) in [5, 5.41) is 8.71. The van der Waals surface area contributed by atoms with Crippen LogP contribution in [0.25, 0.3) is 0 Å².